The van der Waals surface area contributed by atoms with Crippen LogP contribution in [0.25, 0.3) is 0 Å². The average molecular weight is 230 g/mol. The maximum atomic E-state index is 10.2. The summed E-state index contributed by atoms with van der Waals surface area (Å²) < 4.78 is 0. The van der Waals surface area contributed by atoms with Crippen LogP contribution in [0.4, 0.5) is 0 Å². The van der Waals surface area contributed by atoms with Crippen molar-refractivity contribution < 1.29 is 4.79 Å². The molecule has 0 unspecified atom stereocenters. The van der Waals surface area contributed by atoms with Crippen LogP contribution in [0, 0.1) is 11.3 Å². The van der Waals surface area contributed by atoms with Crippen molar-refractivity contribution in [1.82, 2.24) is 0 Å². The molecule has 0 aliphatic heterocycles. The lowest BCUT2D eigenvalue weighted by Crippen LogP contribution is -2.22. The SMILES string of the molecule is N#Cc1ccccc1C=O.NC1CCCCC1. The van der Waals surface area contributed by atoms with E-state index in [-0.39, 0.29) is 0 Å². The lowest BCUT2D eigenvalue weighted by Gasteiger charge is -2.15. The minimum atomic E-state index is 0.428. The quantitative estimate of drug-likeness (QED) is 0.754. The summed E-state index contributed by atoms with van der Waals surface area (Å²) in [5.74, 6) is 0. The van der Waals surface area contributed by atoms with Gasteiger partial charge in [0.15, 0.2) is 6.29 Å². The zero-order chi connectivity index (χ0) is 12.5. The lowest BCUT2D eigenvalue weighted by atomic mass is 9.97. The molecule has 0 aromatic heterocycles. The van der Waals surface area contributed by atoms with Gasteiger partial charge in [0, 0.05) is 11.6 Å². The van der Waals surface area contributed by atoms with Crippen molar-refractivity contribution in [1.29, 1.82) is 5.26 Å². The Kier molecular flexibility index (Phi) is 5.98. The fraction of sp³-hybridized carbons (Fsp3) is 0.429. The van der Waals surface area contributed by atoms with Gasteiger partial charge in [0.05, 0.1) is 11.6 Å². The number of nitriles is 1. The number of rotatable bonds is 1. The highest BCUT2D eigenvalue weighted by atomic mass is 16.1. The van der Waals surface area contributed by atoms with Crippen LogP contribution in [0.1, 0.15) is 48.0 Å². The van der Waals surface area contributed by atoms with Crippen LogP contribution in [-0.2, 0) is 0 Å². The van der Waals surface area contributed by atoms with Gasteiger partial charge in [-0.15, -0.1) is 0 Å². The first kappa shape index (κ1) is 13.4. The molecular weight excluding hydrogens is 212 g/mol. The van der Waals surface area contributed by atoms with Gasteiger partial charge in [-0.05, 0) is 18.9 Å². The van der Waals surface area contributed by atoms with Crippen LogP contribution >= 0.6 is 0 Å². The first-order valence-electron chi connectivity index (χ1n) is 5.98. The summed E-state index contributed by atoms with van der Waals surface area (Å²) in [5.41, 5.74) is 6.51. The van der Waals surface area contributed by atoms with Crippen LogP contribution in [-0.4, -0.2) is 12.3 Å². The van der Waals surface area contributed by atoms with Crippen LogP contribution < -0.4 is 5.73 Å². The molecule has 0 heterocycles. The van der Waals surface area contributed by atoms with E-state index in [2.05, 4.69) is 0 Å². The zero-order valence-electron chi connectivity index (χ0n) is 9.93. The van der Waals surface area contributed by atoms with Crippen molar-refractivity contribution in [3.05, 3.63) is 35.4 Å². The molecule has 90 valence electrons. The molecule has 1 saturated carbocycles. The molecule has 1 aliphatic rings. The molecule has 3 heteroatoms. The highest BCUT2D eigenvalue weighted by Gasteiger charge is 2.06. The second-order valence-electron chi connectivity index (χ2n) is 4.21. The Bertz CT molecular complexity index is 389. The average Bonchev–Trinajstić information content (AvgIpc) is 2.40. The van der Waals surface area contributed by atoms with Gasteiger partial charge in [0.25, 0.3) is 0 Å². The summed E-state index contributed by atoms with van der Waals surface area (Å²) in [6.07, 6.45) is 7.34. The van der Waals surface area contributed by atoms with E-state index in [1.807, 2.05) is 6.07 Å². The molecule has 0 radical (unpaired) electrons. The normalized spacial score (nSPS) is 15.3. The fourth-order valence-electron chi connectivity index (χ4n) is 1.84. The van der Waals surface area contributed by atoms with Crippen molar-refractivity contribution in [2.45, 2.75) is 38.1 Å². The van der Waals surface area contributed by atoms with Gasteiger partial charge in [0.1, 0.15) is 0 Å². The topological polar surface area (TPSA) is 66.9 Å². The number of benzene rings is 1. The summed E-state index contributed by atoms with van der Waals surface area (Å²) in [4.78, 5) is 10.2. The Labute approximate surface area is 102 Å². The standard InChI is InChI=1S/C8H5NO.C6H13N/c9-5-7-3-1-2-4-8(7)6-10;7-6-4-2-1-3-5-6/h1-4,6H;6H,1-5,7H2. The Hall–Kier alpha value is -1.66. The van der Waals surface area contributed by atoms with Gasteiger partial charge in [-0.1, -0.05) is 37.5 Å². The van der Waals surface area contributed by atoms with Gasteiger partial charge in [-0.3, -0.25) is 4.79 Å². The molecular formula is C14H18N2O. The molecule has 1 aromatic rings. The molecule has 1 aliphatic carbocycles. The summed E-state index contributed by atoms with van der Waals surface area (Å²) in [5, 5.41) is 8.44. The van der Waals surface area contributed by atoms with Crippen molar-refractivity contribution >= 4 is 6.29 Å². The second-order valence-corrected chi connectivity index (χ2v) is 4.21. The minimum absolute atomic E-state index is 0.428. The fourth-order valence-corrected chi connectivity index (χ4v) is 1.84. The van der Waals surface area contributed by atoms with Crippen LogP contribution in [0.2, 0.25) is 0 Å². The number of carbonyl (C=O) groups is 1. The number of hydrogen-bond donors (Lipinski definition) is 1. The maximum absolute atomic E-state index is 10.2. The van der Waals surface area contributed by atoms with E-state index in [1.165, 1.54) is 32.1 Å². The van der Waals surface area contributed by atoms with Gasteiger partial charge >= 0.3 is 0 Å². The Balaban J connectivity index is 0.000000181. The van der Waals surface area contributed by atoms with Gasteiger partial charge in [0.2, 0.25) is 0 Å². The van der Waals surface area contributed by atoms with Crippen molar-refractivity contribution in [3.8, 4) is 6.07 Å². The van der Waals surface area contributed by atoms with Gasteiger partial charge < -0.3 is 5.73 Å². The number of nitrogens with two attached hydrogens (primary N) is 1. The van der Waals surface area contributed by atoms with E-state index in [1.54, 1.807) is 24.3 Å². The van der Waals surface area contributed by atoms with Crippen LogP contribution in [0.5, 0.6) is 0 Å². The molecule has 0 saturated heterocycles. The maximum Gasteiger partial charge on any atom is 0.151 e. The van der Waals surface area contributed by atoms with E-state index in [0.717, 1.165) is 0 Å². The van der Waals surface area contributed by atoms with E-state index < -0.39 is 0 Å². The lowest BCUT2D eigenvalue weighted by molar-refractivity contribution is 0.112. The largest absolute Gasteiger partial charge is 0.328 e. The van der Waals surface area contributed by atoms with Gasteiger partial charge in [-0.2, -0.15) is 5.26 Å². The molecule has 3 nitrogen and oxygen atoms in total. The summed E-state index contributed by atoms with van der Waals surface area (Å²) in [6, 6.07) is 9.14. The summed E-state index contributed by atoms with van der Waals surface area (Å²) >= 11 is 0. The van der Waals surface area contributed by atoms with E-state index >= 15 is 0 Å². The molecule has 17 heavy (non-hydrogen) atoms. The smallest absolute Gasteiger partial charge is 0.151 e. The third-order valence-electron chi connectivity index (χ3n) is 2.86. The predicted octanol–water partition coefficient (Wildman–Crippen LogP) is 2.65. The highest BCUT2D eigenvalue weighted by molar-refractivity contribution is 5.78. The highest BCUT2D eigenvalue weighted by Crippen LogP contribution is 2.14. The summed E-state index contributed by atoms with van der Waals surface area (Å²) in [6.45, 7) is 0. The molecule has 0 amide bonds. The first-order chi connectivity index (χ1) is 8.27. The molecule has 0 spiro atoms. The van der Waals surface area contributed by atoms with Crippen molar-refractivity contribution in [2.75, 3.05) is 0 Å². The molecule has 2 rings (SSSR count). The third-order valence-corrected chi connectivity index (χ3v) is 2.86. The Morgan fingerprint density at radius 2 is 1.88 bits per heavy atom. The second kappa shape index (κ2) is 7.59. The van der Waals surface area contributed by atoms with Gasteiger partial charge in [-0.25, -0.2) is 0 Å². The number of carbonyl (C=O) groups excluding carboxylic acids is 1. The van der Waals surface area contributed by atoms with E-state index in [9.17, 15) is 4.79 Å². The zero-order valence-corrected chi connectivity index (χ0v) is 9.93. The monoisotopic (exact) mass is 230 g/mol. The van der Waals surface area contributed by atoms with E-state index in [4.69, 9.17) is 11.0 Å². The number of aldehydes is 1. The van der Waals surface area contributed by atoms with Crippen molar-refractivity contribution in [2.24, 2.45) is 5.73 Å². The Morgan fingerprint density at radius 3 is 2.29 bits per heavy atom. The number of nitrogens with zero attached hydrogens (tertiary/aromatic N) is 1. The molecule has 1 fully saturated rings. The third kappa shape index (κ3) is 4.80. The Morgan fingerprint density at radius 1 is 1.24 bits per heavy atom. The minimum Gasteiger partial charge on any atom is -0.328 e. The molecule has 2 N–H and O–H groups in total. The summed E-state index contributed by atoms with van der Waals surface area (Å²) in [7, 11) is 0. The van der Waals surface area contributed by atoms with E-state index in [0.29, 0.717) is 23.5 Å². The molecule has 1 aromatic carbocycles. The van der Waals surface area contributed by atoms with Crippen molar-refractivity contribution in [3.63, 3.8) is 0 Å². The number of hydrogen-bond acceptors (Lipinski definition) is 3. The molecule has 0 atom stereocenters. The first-order valence-corrected chi connectivity index (χ1v) is 5.98. The van der Waals surface area contributed by atoms with Crippen LogP contribution in [0.15, 0.2) is 24.3 Å². The van der Waals surface area contributed by atoms with Crippen LogP contribution in [0.3, 0.4) is 0 Å². The molecule has 0 bridgehead atoms. The predicted molar refractivity (Wildman–Crippen MR) is 67.6 cm³/mol.